The van der Waals surface area contributed by atoms with Crippen LogP contribution in [0, 0.1) is 41.4 Å². The molecule has 0 aliphatic heterocycles. The molecule has 0 aromatic heterocycles. The predicted octanol–water partition coefficient (Wildman–Crippen LogP) is -0.0530. The third-order valence-corrected chi connectivity index (χ3v) is 6.07. The van der Waals surface area contributed by atoms with Gasteiger partial charge >= 0.3 is 47.8 Å². The lowest BCUT2D eigenvalue weighted by Crippen LogP contribution is -2.45. The number of carboxylic acid groups (broad SMARTS) is 8. The number of rotatable bonds is 19. The Bertz CT molecular complexity index is 924. The van der Waals surface area contributed by atoms with Crippen LogP contribution in [0.25, 0.3) is 0 Å². The molecule has 8 N–H and O–H groups in total. The van der Waals surface area contributed by atoms with Crippen LogP contribution in [0.5, 0.6) is 0 Å². The normalized spacial score (nSPS) is 16.7. The highest BCUT2D eigenvalue weighted by Crippen LogP contribution is 2.35. The summed E-state index contributed by atoms with van der Waals surface area (Å²) in [4.78, 5) is 92.5. The Balaban J connectivity index is 6.25. The van der Waals surface area contributed by atoms with Crippen molar-refractivity contribution >= 4 is 47.8 Å². The van der Waals surface area contributed by atoms with Crippen molar-refractivity contribution < 1.29 is 79.2 Å². The monoisotopic (exact) mass is 536 g/mol. The standard InChI is InChI=1S/C21H28O16/c1-7(15(24)25)13(20(34)35)14(21(36)37)11(19(32)33)6-10(18(30)31)5-9(17(28)29)4-8(16(26)27)2-3-12(22)23/h7-11,13-14H,2-6H2,1H3,(H,22,23)(H,24,25)(H,26,27)(H,28,29)(H,30,31)(H,32,33)(H,34,35)(H,36,37). The summed E-state index contributed by atoms with van der Waals surface area (Å²) >= 11 is 0. The highest BCUT2D eigenvalue weighted by molar-refractivity contribution is 5.88. The molecule has 0 saturated carbocycles. The van der Waals surface area contributed by atoms with Crippen molar-refractivity contribution in [3.8, 4) is 0 Å². The minimum Gasteiger partial charge on any atom is -0.481 e. The van der Waals surface area contributed by atoms with Crippen LogP contribution in [0.4, 0.5) is 0 Å². The third-order valence-electron chi connectivity index (χ3n) is 6.07. The van der Waals surface area contributed by atoms with E-state index in [1.165, 1.54) is 0 Å². The first-order valence-corrected chi connectivity index (χ1v) is 10.7. The Morgan fingerprint density at radius 2 is 0.892 bits per heavy atom. The molecule has 0 fully saturated rings. The maximum atomic E-state index is 11.9. The molecule has 7 atom stereocenters. The molecule has 0 aliphatic rings. The maximum absolute atomic E-state index is 11.9. The minimum atomic E-state index is -2.42. The average Bonchev–Trinajstić information content (AvgIpc) is 2.74. The summed E-state index contributed by atoms with van der Waals surface area (Å²) in [5.74, 6) is -28.2. The summed E-state index contributed by atoms with van der Waals surface area (Å²) in [7, 11) is 0. The van der Waals surface area contributed by atoms with Crippen LogP contribution in [0.3, 0.4) is 0 Å². The zero-order valence-corrected chi connectivity index (χ0v) is 19.4. The molecule has 7 unspecified atom stereocenters. The second-order valence-electron chi connectivity index (χ2n) is 8.54. The second-order valence-corrected chi connectivity index (χ2v) is 8.54. The van der Waals surface area contributed by atoms with E-state index < -0.39 is 121 Å². The molecule has 0 heterocycles. The Morgan fingerprint density at radius 1 is 0.486 bits per heavy atom. The molecule has 0 saturated heterocycles. The number of carboxylic acids is 8. The maximum Gasteiger partial charge on any atom is 0.308 e. The van der Waals surface area contributed by atoms with E-state index in [0.29, 0.717) is 0 Å². The molecule has 208 valence electrons. The van der Waals surface area contributed by atoms with Crippen LogP contribution in [0.15, 0.2) is 0 Å². The van der Waals surface area contributed by atoms with Gasteiger partial charge in [-0.1, -0.05) is 6.92 Å². The van der Waals surface area contributed by atoms with Crippen molar-refractivity contribution in [1.29, 1.82) is 0 Å². The summed E-state index contributed by atoms with van der Waals surface area (Å²) < 4.78 is 0. The fourth-order valence-electron chi connectivity index (χ4n) is 4.04. The highest BCUT2D eigenvalue weighted by Gasteiger charge is 2.49. The van der Waals surface area contributed by atoms with Crippen LogP contribution >= 0.6 is 0 Å². The van der Waals surface area contributed by atoms with Crippen LogP contribution in [-0.2, 0) is 38.4 Å². The van der Waals surface area contributed by atoms with Crippen molar-refractivity contribution in [2.24, 2.45) is 41.4 Å². The van der Waals surface area contributed by atoms with Gasteiger partial charge < -0.3 is 40.9 Å². The first-order valence-electron chi connectivity index (χ1n) is 10.7. The Morgan fingerprint density at radius 3 is 1.22 bits per heavy atom. The number of hydrogen-bond acceptors (Lipinski definition) is 8. The third kappa shape index (κ3) is 10.1. The largest absolute Gasteiger partial charge is 0.481 e. The lowest BCUT2D eigenvalue weighted by molar-refractivity contribution is -0.169. The van der Waals surface area contributed by atoms with Gasteiger partial charge in [-0.2, -0.15) is 0 Å². The van der Waals surface area contributed by atoms with Gasteiger partial charge in [0.15, 0.2) is 0 Å². The zero-order valence-electron chi connectivity index (χ0n) is 19.4. The lowest BCUT2D eigenvalue weighted by atomic mass is 9.71. The topological polar surface area (TPSA) is 298 Å². The molecule has 0 spiro atoms. The van der Waals surface area contributed by atoms with E-state index in [-0.39, 0.29) is 0 Å². The molecule has 37 heavy (non-hydrogen) atoms. The van der Waals surface area contributed by atoms with E-state index in [1.807, 2.05) is 0 Å². The van der Waals surface area contributed by atoms with Gasteiger partial charge in [-0.3, -0.25) is 38.4 Å². The predicted molar refractivity (Wildman–Crippen MR) is 114 cm³/mol. The van der Waals surface area contributed by atoms with E-state index in [9.17, 15) is 69.0 Å². The molecule has 0 aromatic carbocycles. The fraction of sp³-hybridized carbons (Fsp3) is 0.619. The summed E-state index contributed by atoms with van der Waals surface area (Å²) in [5.41, 5.74) is 0. The van der Waals surface area contributed by atoms with Crippen molar-refractivity contribution in [2.75, 3.05) is 0 Å². The van der Waals surface area contributed by atoms with Gasteiger partial charge in [0.05, 0.1) is 41.4 Å². The molecular weight excluding hydrogens is 508 g/mol. The molecular formula is C21H28O16. The highest BCUT2D eigenvalue weighted by atomic mass is 16.4. The lowest BCUT2D eigenvalue weighted by Gasteiger charge is -2.30. The molecule has 0 amide bonds. The van der Waals surface area contributed by atoms with Gasteiger partial charge in [0.1, 0.15) is 0 Å². The van der Waals surface area contributed by atoms with Crippen molar-refractivity contribution in [2.45, 2.75) is 39.0 Å². The summed E-state index contributed by atoms with van der Waals surface area (Å²) in [6.45, 7) is 0.828. The fourth-order valence-corrected chi connectivity index (χ4v) is 4.04. The molecule has 16 nitrogen and oxygen atoms in total. The van der Waals surface area contributed by atoms with Crippen LogP contribution in [0.2, 0.25) is 0 Å². The molecule has 0 aromatic rings. The van der Waals surface area contributed by atoms with Gasteiger partial charge in [-0.15, -0.1) is 0 Å². The van der Waals surface area contributed by atoms with Crippen molar-refractivity contribution in [1.82, 2.24) is 0 Å². The summed E-state index contributed by atoms with van der Waals surface area (Å²) in [5, 5.41) is 74.9. The molecule has 0 radical (unpaired) electrons. The minimum absolute atomic E-state index is 0.488. The van der Waals surface area contributed by atoms with Crippen molar-refractivity contribution in [3.63, 3.8) is 0 Å². The van der Waals surface area contributed by atoms with Gasteiger partial charge in [-0.05, 0) is 25.7 Å². The quantitative estimate of drug-likeness (QED) is 0.107. The molecule has 0 bridgehead atoms. The van der Waals surface area contributed by atoms with E-state index >= 15 is 0 Å². The smallest absolute Gasteiger partial charge is 0.308 e. The van der Waals surface area contributed by atoms with Crippen molar-refractivity contribution in [3.05, 3.63) is 0 Å². The van der Waals surface area contributed by atoms with Gasteiger partial charge in [0.25, 0.3) is 0 Å². The second kappa shape index (κ2) is 14.4. The van der Waals surface area contributed by atoms with E-state index in [0.717, 1.165) is 6.92 Å². The summed E-state index contributed by atoms with van der Waals surface area (Å²) in [6, 6.07) is 0. The first-order chi connectivity index (χ1) is 16.9. The Kier molecular flexibility index (Phi) is 12.7. The number of hydrogen-bond donors (Lipinski definition) is 8. The number of carbonyl (C=O) groups is 8. The SMILES string of the molecule is CC(C(=O)O)C(C(=O)O)C(C(=O)O)C(CC(CC(CC(CCC(=O)O)C(=O)O)C(=O)O)C(=O)O)C(=O)O. The van der Waals surface area contributed by atoms with Gasteiger partial charge in [0.2, 0.25) is 0 Å². The molecule has 0 rings (SSSR count). The number of aliphatic carboxylic acids is 8. The van der Waals surface area contributed by atoms with Gasteiger partial charge in [-0.25, -0.2) is 0 Å². The zero-order chi connectivity index (χ0) is 29.2. The Labute approximate surface area is 208 Å². The first kappa shape index (κ1) is 32.8. The van der Waals surface area contributed by atoms with Gasteiger partial charge in [0, 0.05) is 6.42 Å². The average molecular weight is 536 g/mol. The van der Waals surface area contributed by atoms with E-state index in [1.54, 1.807) is 0 Å². The van der Waals surface area contributed by atoms with Crippen LogP contribution in [-0.4, -0.2) is 88.6 Å². The van der Waals surface area contributed by atoms with E-state index in [2.05, 4.69) is 0 Å². The molecule has 0 aliphatic carbocycles. The molecule has 16 heteroatoms. The Hall–Kier alpha value is -4.24. The van der Waals surface area contributed by atoms with Crippen LogP contribution in [0.1, 0.15) is 39.0 Å². The van der Waals surface area contributed by atoms with E-state index in [4.69, 9.17) is 10.2 Å². The van der Waals surface area contributed by atoms with Crippen LogP contribution < -0.4 is 0 Å². The summed E-state index contributed by atoms with van der Waals surface area (Å²) in [6.07, 6.45) is -3.86.